The number of nitrogens with one attached hydrogen (secondary N) is 2. The molecule has 0 spiro atoms. The van der Waals surface area contributed by atoms with Crippen LogP contribution in [0.2, 0.25) is 5.02 Å². The number of hydrazone groups is 1. The first-order valence-electron chi connectivity index (χ1n) is 12.7. The van der Waals surface area contributed by atoms with Crippen molar-refractivity contribution < 1.29 is 19.1 Å². The van der Waals surface area contributed by atoms with Crippen LogP contribution in [0.1, 0.15) is 31.8 Å². The zero-order valence-electron chi connectivity index (χ0n) is 22.7. The van der Waals surface area contributed by atoms with Crippen molar-refractivity contribution >= 4 is 63.3 Å². The average Bonchev–Trinajstić information content (AvgIpc) is 2.99. The Labute approximate surface area is 256 Å². The summed E-state index contributed by atoms with van der Waals surface area (Å²) in [5.74, 6) is -1.55. The molecule has 10 heteroatoms. The molecule has 4 rings (SSSR count). The second-order valence-electron chi connectivity index (χ2n) is 9.11. The number of carbonyl (C=O) groups excluding carboxylic acids is 3. The SMILES string of the molecule is CN(C)c1ccc(/C=C(\NC(=O)c2ccccc2)C(=O)N/N=C\c2cc(Br)ccc2OC(=O)c2ccccc2Cl)cc1. The number of benzene rings is 4. The van der Waals surface area contributed by atoms with Crippen LogP contribution in [0.25, 0.3) is 6.08 Å². The van der Waals surface area contributed by atoms with Crippen LogP contribution in [-0.2, 0) is 4.79 Å². The first-order chi connectivity index (χ1) is 20.2. The first kappa shape index (κ1) is 30.2. The zero-order valence-corrected chi connectivity index (χ0v) is 25.0. The molecule has 0 aliphatic heterocycles. The Morgan fingerprint density at radius 1 is 0.905 bits per heavy atom. The van der Waals surface area contributed by atoms with Gasteiger partial charge in [-0.1, -0.05) is 70.0 Å². The van der Waals surface area contributed by atoms with Crippen LogP contribution in [0.4, 0.5) is 5.69 Å². The topological polar surface area (TPSA) is 100 Å². The van der Waals surface area contributed by atoms with Crippen molar-refractivity contribution in [1.82, 2.24) is 10.7 Å². The summed E-state index contributed by atoms with van der Waals surface area (Å²) in [6, 6.07) is 27.5. The number of hydrogen-bond acceptors (Lipinski definition) is 6. The molecule has 0 saturated heterocycles. The molecule has 4 aromatic rings. The van der Waals surface area contributed by atoms with E-state index < -0.39 is 17.8 Å². The summed E-state index contributed by atoms with van der Waals surface area (Å²) in [6.07, 6.45) is 2.89. The molecular formula is C32H26BrClN4O4. The second kappa shape index (κ2) is 14.2. The number of anilines is 1. The van der Waals surface area contributed by atoms with Crippen molar-refractivity contribution in [2.45, 2.75) is 0 Å². The minimum absolute atomic E-state index is 0.0155. The maximum Gasteiger partial charge on any atom is 0.345 e. The van der Waals surface area contributed by atoms with E-state index in [0.29, 0.717) is 21.2 Å². The van der Waals surface area contributed by atoms with Gasteiger partial charge < -0.3 is 15.0 Å². The van der Waals surface area contributed by atoms with Crippen LogP contribution < -0.4 is 20.4 Å². The van der Waals surface area contributed by atoms with Gasteiger partial charge in [-0.25, -0.2) is 10.2 Å². The highest BCUT2D eigenvalue weighted by Gasteiger charge is 2.16. The molecule has 0 atom stereocenters. The lowest BCUT2D eigenvalue weighted by Crippen LogP contribution is -2.32. The predicted octanol–water partition coefficient (Wildman–Crippen LogP) is 6.31. The molecule has 0 aliphatic rings. The molecule has 0 aromatic heterocycles. The van der Waals surface area contributed by atoms with E-state index in [0.717, 1.165) is 5.69 Å². The Balaban J connectivity index is 1.55. The van der Waals surface area contributed by atoms with Gasteiger partial charge in [0.25, 0.3) is 11.8 Å². The number of hydrogen-bond donors (Lipinski definition) is 2. The van der Waals surface area contributed by atoms with Gasteiger partial charge in [0, 0.05) is 35.4 Å². The molecule has 0 bridgehead atoms. The van der Waals surface area contributed by atoms with E-state index in [2.05, 4.69) is 31.8 Å². The number of carbonyl (C=O) groups is 3. The smallest absolute Gasteiger partial charge is 0.345 e. The second-order valence-corrected chi connectivity index (χ2v) is 10.4. The summed E-state index contributed by atoms with van der Waals surface area (Å²) in [7, 11) is 3.85. The Morgan fingerprint density at radius 3 is 2.29 bits per heavy atom. The summed E-state index contributed by atoms with van der Waals surface area (Å²) >= 11 is 9.53. The van der Waals surface area contributed by atoms with Gasteiger partial charge in [0.15, 0.2) is 0 Å². The summed E-state index contributed by atoms with van der Waals surface area (Å²) in [5, 5.41) is 6.99. The Kier molecular flexibility index (Phi) is 10.3. The van der Waals surface area contributed by atoms with Crippen LogP contribution in [0.5, 0.6) is 5.75 Å². The van der Waals surface area contributed by atoms with Gasteiger partial charge in [-0.15, -0.1) is 0 Å². The highest BCUT2D eigenvalue weighted by atomic mass is 79.9. The Bertz CT molecular complexity index is 1660. The van der Waals surface area contributed by atoms with E-state index >= 15 is 0 Å². The molecule has 0 fully saturated rings. The summed E-state index contributed by atoms with van der Waals surface area (Å²) in [4.78, 5) is 40.7. The molecular weight excluding hydrogens is 620 g/mol. The third-order valence-corrected chi connectivity index (χ3v) is 6.71. The van der Waals surface area contributed by atoms with Gasteiger partial charge in [0.05, 0.1) is 16.8 Å². The molecule has 0 saturated carbocycles. The van der Waals surface area contributed by atoms with Gasteiger partial charge >= 0.3 is 5.97 Å². The Hall–Kier alpha value is -4.73. The molecule has 0 radical (unpaired) electrons. The summed E-state index contributed by atoms with van der Waals surface area (Å²) < 4.78 is 6.26. The van der Waals surface area contributed by atoms with Gasteiger partial charge in [-0.2, -0.15) is 5.10 Å². The third kappa shape index (κ3) is 8.15. The standard InChI is InChI=1S/C32H26BrClN4O4/c1-38(2)25-15-12-21(13-16-25)18-28(36-30(39)22-8-4-3-5-9-22)31(40)37-35-20-23-19-24(33)14-17-29(23)42-32(41)26-10-6-7-11-27(26)34/h3-20H,1-2H3,(H,36,39)(H,37,40)/b28-18-,35-20-. The fourth-order valence-electron chi connectivity index (χ4n) is 3.69. The average molecular weight is 646 g/mol. The molecule has 0 unspecified atom stereocenters. The molecule has 212 valence electrons. The number of esters is 1. The molecule has 8 nitrogen and oxygen atoms in total. The maximum atomic E-state index is 13.2. The lowest BCUT2D eigenvalue weighted by atomic mass is 10.1. The van der Waals surface area contributed by atoms with Crippen LogP contribution in [0.3, 0.4) is 0 Å². The molecule has 0 heterocycles. The van der Waals surface area contributed by atoms with Gasteiger partial charge in [-0.3, -0.25) is 9.59 Å². The number of amides is 2. The minimum atomic E-state index is -0.656. The quantitative estimate of drug-likeness (QED) is 0.0731. The van der Waals surface area contributed by atoms with Crippen molar-refractivity contribution in [1.29, 1.82) is 0 Å². The third-order valence-electron chi connectivity index (χ3n) is 5.89. The minimum Gasteiger partial charge on any atom is -0.422 e. The molecule has 2 amide bonds. The van der Waals surface area contributed by atoms with Crippen molar-refractivity contribution in [2.24, 2.45) is 5.10 Å². The van der Waals surface area contributed by atoms with Crippen molar-refractivity contribution in [3.63, 3.8) is 0 Å². The number of nitrogens with zero attached hydrogens (tertiary/aromatic N) is 2. The van der Waals surface area contributed by atoms with Crippen LogP contribution in [0.15, 0.2) is 112 Å². The largest absolute Gasteiger partial charge is 0.422 e. The number of halogens is 2. The van der Waals surface area contributed by atoms with Crippen molar-refractivity contribution in [3.8, 4) is 5.75 Å². The van der Waals surface area contributed by atoms with Crippen molar-refractivity contribution in [2.75, 3.05) is 19.0 Å². The van der Waals surface area contributed by atoms with E-state index in [9.17, 15) is 14.4 Å². The van der Waals surface area contributed by atoms with E-state index in [4.69, 9.17) is 16.3 Å². The van der Waals surface area contributed by atoms with Crippen LogP contribution >= 0.6 is 27.5 Å². The number of ether oxygens (including phenoxy) is 1. The zero-order chi connectivity index (χ0) is 30.1. The highest BCUT2D eigenvalue weighted by Crippen LogP contribution is 2.24. The van der Waals surface area contributed by atoms with Gasteiger partial charge in [0.2, 0.25) is 0 Å². The molecule has 4 aromatic carbocycles. The van der Waals surface area contributed by atoms with E-state index in [-0.39, 0.29) is 22.0 Å². The highest BCUT2D eigenvalue weighted by molar-refractivity contribution is 9.10. The van der Waals surface area contributed by atoms with Gasteiger partial charge in [0.1, 0.15) is 11.4 Å². The van der Waals surface area contributed by atoms with Gasteiger partial charge in [-0.05, 0) is 66.2 Å². The van der Waals surface area contributed by atoms with E-state index in [1.54, 1.807) is 78.9 Å². The van der Waals surface area contributed by atoms with E-state index in [1.165, 1.54) is 6.21 Å². The van der Waals surface area contributed by atoms with Crippen molar-refractivity contribution in [3.05, 3.63) is 135 Å². The normalized spacial score (nSPS) is 11.2. The first-order valence-corrected chi connectivity index (χ1v) is 13.8. The lowest BCUT2D eigenvalue weighted by Gasteiger charge is -2.13. The fourth-order valence-corrected chi connectivity index (χ4v) is 4.28. The summed E-state index contributed by atoms with van der Waals surface area (Å²) in [6.45, 7) is 0. The number of rotatable bonds is 9. The van der Waals surface area contributed by atoms with E-state index in [1.807, 2.05) is 43.3 Å². The fraction of sp³-hybridized carbons (Fsp3) is 0.0625. The molecule has 42 heavy (non-hydrogen) atoms. The van der Waals surface area contributed by atoms with Crippen LogP contribution in [-0.4, -0.2) is 38.1 Å². The predicted molar refractivity (Wildman–Crippen MR) is 169 cm³/mol. The monoisotopic (exact) mass is 644 g/mol. The Morgan fingerprint density at radius 2 is 1.60 bits per heavy atom. The maximum absolute atomic E-state index is 13.2. The summed E-state index contributed by atoms with van der Waals surface area (Å²) in [5.41, 5.74) is 5.11. The van der Waals surface area contributed by atoms with Crippen LogP contribution in [0, 0.1) is 0 Å². The molecule has 0 aliphatic carbocycles. The lowest BCUT2D eigenvalue weighted by molar-refractivity contribution is -0.117. The molecule has 2 N–H and O–H groups in total.